The highest BCUT2D eigenvalue weighted by molar-refractivity contribution is 6.30. The van der Waals surface area contributed by atoms with Crippen molar-refractivity contribution in [2.45, 2.75) is 6.54 Å². The summed E-state index contributed by atoms with van der Waals surface area (Å²) >= 11 is 5.93. The zero-order chi connectivity index (χ0) is 16.8. The standard InChI is InChI=1S/C18H15ClN4O/c19-14-7-4-8-15(9-14)23-17-12-20-16(11-21-17)18(24)22-10-13-5-2-1-3-6-13/h1-9,11-12H,10H2,(H,21,23)(H,22,24). The van der Waals surface area contributed by atoms with Crippen molar-refractivity contribution in [2.24, 2.45) is 0 Å². The highest BCUT2D eigenvalue weighted by Crippen LogP contribution is 2.18. The number of amides is 1. The minimum absolute atomic E-state index is 0.263. The van der Waals surface area contributed by atoms with Crippen LogP contribution in [0.1, 0.15) is 16.1 Å². The van der Waals surface area contributed by atoms with E-state index < -0.39 is 0 Å². The summed E-state index contributed by atoms with van der Waals surface area (Å²) in [5.74, 6) is 0.275. The molecule has 1 heterocycles. The van der Waals surface area contributed by atoms with Gasteiger partial charge in [-0.25, -0.2) is 9.97 Å². The first-order chi connectivity index (χ1) is 11.7. The Morgan fingerprint density at radius 1 is 1.00 bits per heavy atom. The van der Waals surface area contributed by atoms with E-state index in [0.29, 0.717) is 17.4 Å². The van der Waals surface area contributed by atoms with Gasteiger partial charge in [-0.15, -0.1) is 0 Å². The van der Waals surface area contributed by atoms with Crippen molar-refractivity contribution in [3.05, 3.63) is 83.3 Å². The smallest absolute Gasteiger partial charge is 0.271 e. The molecule has 1 aromatic heterocycles. The molecule has 0 aliphatic heterocycles. The maximum Gasteiger partial charge on any atom is 0.271 e. The number of rotatable bonds is 5. The van der Waals surface area contributed by atoms with Gasteiger partial charge in [-0.3, -0.25) is 4.79 Å². The van der Waals surface area contributed by atoms with Crippen molar-refractivity contribution >= 4 is 29.0 Å². The fraction of sp³-hybridized carbons (Fsp3) is 0.0556. The Balaban J connectivity index is 1.60. The van der Waals surface area contributed by atoms with Crippen LogP contribution < -0.4 is 10.6 Å². The first-order valence-electron chi connectivity index (χ1n) is 7.37. The second kappa shape index (κ2) is 7.57. The van der Waals surface area contributed by atoms with Crippen LogP contribution in [0.15, 0.2) is 67.0 Å². The molecule has 3 rings (SSSR count). The average molecular weight is 339 g/mol. The third kappa shape index (κ3) is 4.30. The van der Waals surface area contributed by atoms with Gasteiger partial charge in [-0.2, -0.15) is 0 Å². The Morgan fingerprint density at radius 2 is 1.83 bits per heavy atom. The molecule has 5 nitrogen and oxygen atoms in total. The lowest BCUT2D eigenvalue weighted by Gasteiger charge is -2.07. The molecule has 0 bridgehead atoms. The molecule has 0 saturated heterocycles. The van der Waals surface area contributed by atoms with Gasteiger partial charge >= 0.3 is 0 Å². The number of benzene rings is 2. The van der Waals surface area contributed by atoms with Crippen LogP contribution in [0, 0.1) is 0 Å². The van der Waals surface area contributed by atoms with E-state index in [0.717, 1.165) is 11.3 Å². The van der Waals surface area contributed by atoms with Crippen LogP contribution in [-0.2, 0) is 6.54 Å². The zero-order valence-electron chi connectivity index (χ0n) is 12.7. The molecule has 0 atom stereocenters. The molecule has 0 aliphatic rings. The molecular weight excluding hydrogens is 324 g/mol. The van der Waals surface area contributed by atoms with E-state index in [1.807, 2.05) is 42.5 Å². The first-order valence-corrected chi connectivity index (χ1v) is 7.75. The molecule has 0 unspecified atom stereocenters. The van der Waals surface area contributed by atoms with E-state index in [9.17, 15) is 4.79 Å². The number of hydrogen-bond donors (Lipinski definition) is 2. The minimum atomic E-state index is -0.263. The molecule has 0 spiro atoms. The number of aromatic nitrogens is 2. The number of nitrogens with zero attached hydrogens (tertiary/aromatic N) is 2. The summed E-state index contributed by atoms with van der Waals surface area (Å²) in [6.07, 6.45) is 2.95. The van der Waals surface area contributed by atoms with Gasteiger partial charge < -0.3 is 10.6 Å². The predicted octanol–water partition coefficient (Wildman–Crippen LogP) is 3.80. The normalized spacial score (nSPS) is 10.2. The Bertz CT molecular complexity index is 822. The third-order valence-electron chi connectivity index (χ3n) is 3.28. The molecule has 24 heavy (non-hydrogen) atoms. The van der Waals surface area contributed by atoms with Gasteiger partial charge in [0.1, 0.15) is 11.5 Å². The van der Waals surface area contributed by atoms with Gasteiger partial charge in [-0.1, -0.05) is 48.0 Å². The second-order valence-electron chi connectivity index (χ2n) is 5.09. The van der Waals surface area contributed by atoms with E-state index in [2.05, 4.69) is 20.6 Å². The number of halogens is 1. The SMILES string of the molecule is O=C(NCc1ccccc1)c1cnc(Nc2cccc(Cl)c2)cn1. The number of nitrogens with one attached hydrogen (secondary N) is 2. The van der Waals surface area contributed by atoms with Crippen LogP contribution in [0.5, 0.6) is 0 Å². The molecule has 2 aromatic carbocycles. The van der Waals surface area contributed by atoms with Gasteiger partial charge in [-0.05, 0) is 23.8 Å². The lowest BCUT2D eigenvalue weighted by atomic mass is 10.2. The van der Waals surface area contributed by atoms with Gasteiger partial charge in [0, 0.05) is 17.3 Å². The molecule has 0 radical (unpaired) electrons. The van der Waals surface area contributed by atoms with Gasteiger partial charge in [0.25, 0.3) is 5.91 Å². The van der Waals surface area contributed by atoms with Gasteiger partial charge in [0.05, 0.1) is 12.4 Å². The van der Waals surface area contributed by atoms with Crippen molar-refractivity contribution in [3.63, 3.8) is 0 Å². The van der Waals surface area contributed by atoms with Crippen molar-refractivity contribution < 1.29 is 4.79 Å². The van der Waals surface area contributed by atoms with Crippen LogP contribution in [0.3, 0.4) is 0 Å². The summed E-state index contributed by atoms with van der Waals surface area (Å²) in [6.45, 7) is 0.448. The molecule has 0 aliphatic carbocycles. The maximum atomic E-state index is 12.1. The van der Waals surface area contributed by atoms with E-state index in [1.54, 1.807) is 12.1 Å². The van der Waals surface area contributed by atoms with E-state index in [1.165, 1.54) is 12.4 Å². The largest absolute Gasteiger partial charge is 0.347 e. The van der Waals surface area contributed by atoms with Crippen LogP contribution in [0.25, 0.3) is 0 Å². The molecule has 0 fully saturated rings. The summed E-state index contributed by atoms with van der Waals surface area (Å²) in [5.41, 5.74) is 2.10. The van der Waals surface area contributed by atoms with Crippen LogP contribution in [0.2, 0.25) is 5.02 Å². The highest BCUT2D eigenvalue weighted by atomic mass is 35.5. The molecule has 2 N–H and O–H groups in total. The highest BCUT2D eigenvalue weighted by Gasteiger charge is 2.08. The van der Waals surface area contributed by atoms with Crippen molar-refractivity contribution in [3.8, 4) is 0 Å². The van der Waals surface area contributed by atoms with Crippen molar-refractivity contribution in [1.82, 2.24) is 15.3 Å². The molecule has 1 amide bonds. The third-order valence-corrected chi connectivity index (χ3v) is 3.51. The van der Waals surface area contributed by atoms with Gasteiger partial charge in [0.15, 0.2) is 0 Å². The average Bonchev–Trinajstić information content (AvgIpc) is 2.61. The first kappa shape index (κ1) is 16.0. The summed E-state index contributed by atoms with van der Waals surface area (Å²) in [4.78, 5) is 20.4. The number of carbonyl (C=O) groups is 1. The molecule has 6 heteroatoms. The number of anilines is 2. The topological polar surface area (TPSA) is 66.9 Å². The Hall–Kier alpha value is -2.92. The number of hydrogen-bond acceptors (Lipinski definition) is 4. The van der Waals surface area contributed by atoms with Gasteiger partial charge in [0.2, 0.25) is 0 Å². The molecule has 120 valence electrons. The summed E-state index contributed by atoms with van der Waals surface area (Å²) in [5, 5.41) is 6.52. The lowest BCUT2D eigenvalue weighted by Crippen LogP contribution is -2.24. The molecule has 3 aromatic rings. The van der Waals surface area contributed by atoms with Crippen LogP contribution >= 0.6 is 11.6 Å². The predicted molar refractivity (Wildman–Crippen MR) is 94.4 cm³/mol. The Morgan fingerprint density at radius 3 is 2.54 bits per heavy atom. The summed E-state index contributed by atoms with van der Waals surface area (Å²) in [6, 6.07) is 17.0. The van der Waals surface area contributed by atoms with Crippen molar-refractivity contribution in [1.29, 1.82) is 0 Å². The Kier molecular flexibility index (Phi) is 5.03. The van der Waals surface area contributed by atoms with E-state index in [-0.39, 0.29) is 11.6 Å². The fourth-order valence-corrected chi connectivity index (χ4v) is 2.28. The summed E-state index contributed by atoms with van der Waals surface area (Å²) < 4.78 is 0. The maximum absolute atomic E-state index is 12.1. The lowest BCUT2D eigenvalue weighted by molar-refractivity contribution is 0.0945. The van der Waals surface area contributed by atoms with E-state index in [4.69, 9.17) is 11.6 Å². The monoisotopic (exact) mass is 338 g/mol. The fourth-order valence-electron chi connectivity index (χ4n) is 2.09. The molecular formula is C18H15ClN4O. The number of carbonyl (C=O) groups excluding carboxylic acids is 1. The van der Waals surface area contributed by atoms with Crippen LogP contribution in [0.4, 0.5) is 11.5 Å². The summed E-state index contributed by atoms with van der Waals surface area (Å²) in [7, 11) is 0. The van der Waals surface area contributed by atoms with E-state index >= 15 is 0 Å². The second-order valence-corrected chi connectivity index (χ2v) is 5.53. The molecule has 0 saturated carbocycles. The zero-order valence-corrected chi connectivity index (χ0v) is 13.5. The Labute approximate surface area is 144 Å². The van der Waals surface area contributed by atoms with Crippen LogP contribution in [-0.4, -0.2) is 15.9 Å². The minimum Gasteiger partial charge on any atom is -0.347 e. The van der Waals surface area contributed by atoms with Crippen molar-refractivity contribution in [2.75, 3.05) is 5.32 Å². The quantitative estimate of drug-likeness (QED) is 0.742.